The number of halogens is 1. The largest absolute Gasteiger partial charge is 0.350 e. The Labute approximate surface area is 143 Å². The average molecular weight is 345 g/mol. The normalized spacial score (nSPS) is 10.3. The lowest BCUT2D eigenvalue weighted by Crippen LogP contribution is -2.43. The zero-order chi connectivity index (χ0) is 16.2. The second kappa shape index (κ2) is 6.68. The van der Waals surface area contributed by atoms with E-state index in [1.807, 2.05) is 30.3 Å². The number of anilines is 1. The highest BCUT2D eigenvalue weighted by atomic mass is 35.5. The van der Waals surface area contributed by atoms with Crippen molar-refractivity contribution < 1.29 is 4.79 Å². The Morgan fingerprint density at radius 1 is 1.04 bits per heavy atom. The van der Waals surface area contributed by atoms with Gasteiger partial charge in [0.2, 0.25) is 0 Å². The summed E-state index contributed by atoms with van der Waals surface area (Å²) in [5, 5.41) is 4.75. The van der Waals surface area contributed by atoms with Crippen LogP contribution in [0.15, 0.2) is 54.6 Å². The molecule has 3 aromatic rings. The molecular weight excluding hydrogens is 332 g/mol. The molecule has 23 heavy (non-hydrogen) atoms. The molecule has 0 spiro atoms. The Bertz CT molecular complexity index is 844. The summed E-state index contributed by atoms with van der Waals surface area (Å²) in [4.78, 5) is 15.2. The van der Waals surface area contributed by atoms with E-state index in [9.17, 15) is 4.79 Å². The van der Waals surface area contributed by atoms with Gasteiger partial charge in [0.25, 0.3) is 5.91 Å². The maximum absolute atomic E-state index is 12.1. The standard InChI is InChI=1S/C16H13ClN4OS/c17-11-5-3-6-12(9-11)18-16(23)21-20-15(22)14-8-10-4-1-2-7-13(10)19-14/h1-9,19H,(H,20,22)(H2,18,21,23). The van der Waals surface area contributed by atoms with Crippen molar-refractivity contribution in [3.63, 3.8) is 0 Å². The number of amides is 1. The molecule has 0 radical (unpaired) electrons. The zero-order valence-corrected chi connectivity index (χ0v) is 13.5. The maximum Gasteiger partial charge on any atom is 0.286 e. The fraction of sp³-hybridized carbons (Fsp3) is 0. The summed E-state index contributed by atoms with van der Waals surface area (Å²) in [5.74, 6) is -0.309. The van der Waals surface area contributed by atoms with E-state index in [1.165, 1.54) is 0 Å². The number of hydrogen-bond acceptors (Lipinski definition) is 2. The first-order valence-corrected chi connectivity index (χ1v) is 7.61. The Morgan fingerprint density at radius 3 is 2.65 bits per heavy atom. The summed E-state index contributed by atoms with van der Waals surface area (Å²) >= 11 is 11.0. The van der Waals surface area contributed by atoms with Crippen molar-refractivity contribution >= 4 is 51.4 Å². The van der Waals surface area contributed by atoms with Gasteiger partial charge in [0.05, 0.1) is 0 Å². The van der Waals surface area contributed by atoms with Gasteiger partial charge in [-0.2, -0.15) is 0 Å². The van der Waals surface area contributed by atoms with Crippen molar-refractivity contribution in [3.05, 3.63) is 65.3 Å². The number of carbonyl (C=O) groups is 1. The third-order valence-electron chi connectivity index (χ3n) is 3.15. The number of aromatic amines is 1. The molecular formula is C16H13ClN4OS. The third-order valence-corrected chi connectivity index (χ3v) is 3.59. The van der Waals surface area contributed by atoms with Gasteiger partial charge in [0, 0.05) is 21.6 Å². The molecule has 7 heteroatoms. The van der Waals surface area contributed by atoms with E-state index >= 15 is 0 Å². The van der Waals surface area contributed by atoms with Crippen LogP contribution in [0.2, 0.25) is 5.02 Å². The number of fused-ring (bicyclic) bond motifs is 1. The monoisotopic (exact) mass is 344 g/mol. The molecule has 1 aromatic heterocycles. The van der Waals surface area contributed by atoms with E-state index in [2.05, 4.69) is 21.2 Å². The van der Waals surface area contributed by atoms with E-state index in [0.29, 0.717) is 10.7 Å². The minimum absolute atomic E-state index is 0.261. The Hall–Kier alpha value is -2.57. The van der Waals surface area contributed by atoms with Crippen molar-refractivity contribution in [2.45, 2.75) is 0 Å². The fourth-order valence-electron chi connectivity index (χ4n) is 2.11. The number of carbonyl (C=O) groups excluding carboxylic acids is 1. The van der Waals surface area contributed by atoms with Crippen molar-refractivity contribution in [3.8, 4) is 0 Å². The molecule has 1 heterocycles. The lowest BCUT2D eigenvalue weighted by atomic mass is 10.2. The van der Waals surface area contributed by atoms with Gasteiger partial charge >= 0.3 is 0 Å². The van der Waals surface area contributed by atoms with Crippen molar-refractivity contribution in [1.82, 2.24) is 15.8 Å². The summed E-state index contributed by atoms with van der Waals surface area (Å²) in [6.07, 6.45) is 0. The second-order valence-corrected chi connectivity index (χ2v) is 5.66. The highest BCUT2D eigenvalue weighted by Gasteiger charge is 2.09. The topological polar surface area (TPSA) is 69.0 Å². The number of benzene rings is 2. The van der Waals surface area contributed by atoms with Crippen LogP contribution >= 0.6 is 23.8 Å². The van der Waals surface area contributed by atoms with Gasteiger partial charge in [-0.1, -0.05) is 35.9 Å². The quantitative estimate of drug-likeness (QED) is 0.424. The lowest BCUT2D eigenvalue weighted by molar-refractivity contribution is 0.0940. The molecule has 2 aromatic carbocycles. The molecule has 0 aliphatic heterocycles. The first-order chi connectivity index (χ1) is 11.1. The molecule has 0 aliphatic rings. The van der Waals surface area contributed by atoms with E-state index in [-0.39, 0.29) is 11.0 Å². The van der Waals surface area contributed by atoms with Gasteiger partial charge in [-0.05, 0) is 42.5 Å². The highest BCUT2D eigenvalue weighted by molar-refractivity contribution is 7.80. The SMILES string of the molecule is O=C(NNC(=S)Nc1cccc(Cl)c1)c1cc2ccccc2[nH]1. The summed E-state index contributed by atoms with van der Waals surface area (Å²) < 4.78 is 0. The van der Waals surface area contributed by atoms with E-state index < -0.39 is 0 Å². The van der Waals surface area contributed by atoms with Crippen LogP contribution in [-0.2, 0) is 0 Å². The predicted molar refractivity (Wildman–Crippen MR) is 96.6 cm³/mol. The summed E-state index contributed by atoms with van der Waals surface area (Å²) in [6, 6.07) is 16.6. The summed E-state index contributed by atoms with van der Waals surface area (Å²) in [7, 11) is 0. The molecule has 3 rings (SSSR count). The van der Waals surface area contributed by atoms with E-state index in [4.69, 9.17) is 23.8 Å². The molecule has 0 saturated heterocycles. The molecule has 116 valence electrons. The van der Waals surface area contributed by atoms with E-state index in [1.54, 1.807) is 24.3 Å². The minimum atomic E-state index is -0.309. The third kappa shape index (κ3) is 3.80. The number of hydrogen-bond donors (Lipinski definition) is 4. The maximum atomic E-state index is 12.1. The number of thiocarbonyl (C=S) groups is 1. The van der Waals surface area contributed by atoms with E-state index in [0.717, 1.165) is 16.6 Å². The van der Waals surface area contributed by atoms with Gasteiger partial charge in [-0.3, -0.25) is 15.6 Å². The number of para-hydroxylation sites is 1. The molecule has 0 bridgehead atoms. The summed E-state index contributed by atoms with van der Waals surface area (Å²) in [6.45, 7) is 0. The van der Waals surface area contributed by atoms with Gasteiger partial charge < -0.3 is 10.3 Å². The van der Waals surface area contributed by atoms with Crippen LogP contribution in [0.25, 0.3) is 10.9 Å². The van der Waals surface area contributed by atoms with Gasteiger partial charge in [-0.15, -0.1) is 0 Å². The van der Waals surface area contributed by atoms with Crippen LogP contribution in [0.4, 0.5) is 5.69 Å². The van der Waals surface area contributed by atoms with Crippen LogP contribution in [-0.4, -0.2) is 16.0 Å². The van der Waals surface area contributed by atoms with Gasteiger partial charge in [0.15, 0.2) is 5.11 Å². The van der Waals surface area contributed by atoms with Gasteiger partial charge in [0.1, 0.15) is 5.69 Å². The molecule has 0 fully saturated rings. The predicted octanol–water partition coefficient (Wildman–Crippen LogP) is 3.45. The van der Waals surface area contributed by atoms with Crippen molar-refractivity contribution in [1.29, 1.82) is 0 Å². The Balaban J connectivity index is 1.59. The highest BCUT2D eigenvalue weighted by Crippen LogP contribution is 2.15. The molecule has 5 nitrogen and oxygen atoms in total. The number of hydrazine groups is 1. The number of aromatic nitrogens is 1. The number of nitrogens with one attached hydrogen (secondary N) is 4. The first kappa shape index (κ1) is 15.3. The minimum Gasteiger partial charge on any atom is -0.350 e. The molecule has 0 atom stereocenters. The molecule has 0 aliphatic carbocycles. The van der Waals surface area contributed by atoms with Crippen molar-refractivity contribution in [2.75, 3.05) is 5.32 Å². The smallest absolute Gasteiger partial charge is 0.286 e. The first-order valence-electron chi connectivity index (χ1n) is 6.82. The molecule has 0 unspecified atom stereocenters. The van der Waals surface area contributed by atoms with Crippen LogP contribution in [0.3, 0.4) is 0 Å². The van der Waals surface area contributed by atoms with Crippen LogP contribution in [0, 0.1) is 0 Å². The molecule has 4 N–H and O–H groups in total. The average Bonchev–Trinajstić information content (AvgIpc) is 2.97. The zero-order valence-electron chi connectivity index (χ0n) is 11.9. The van der Waals surface area contributed by atoms with Crippen LogP contribution in [0.1, 0.15) is 10.5 Å². The summed E-state index contributed by atoms with van der Waals surface area (Å²) in [5.41, 5.74) is 7.27. The Kier molecular flexibility index (Phi) is 4.45. The lowest BCUT2D eigenvalue weighted by Gasteiger charge is -2.11. The van der Waals surface area contributed by atoms with Crippen LogP contribution < -0.4 is 16.2 Å². The Morgan fingerprint density at radius 2 is 1.87 bits per heavy atom. The van der Waals surface area contributed by atoms with Gasteiger partial charge in [-0.25, -0.2) is 0 Å². The number of H-pyrrole nitrogens is 1. The molecule has 1 amide bonds. The number of rotatable bonds is 2. The fourth-order valence-corrected chi connectivity index (χ4v) is 2.46. The second-order valence-electron chi connectivity index (χ2n) is 4.81. The molecule has 0 saturated carbocycles. The van der Waals surface area contributed by atoms with Crippen LogP contribution in [0.5, 0.6) is 0 Å². The van der Waals surface area contributed by atoms with Crippen molar-refractivity contribution in [2.24, 2.45) is 0 Å².